The molecule has 1 aliphatic heterocycles. The molecule has 0 aromatic carbocycles. The number of carbonyl (C=O) groups excluding carboxylic acids is 2. The van der Waals surface area contributed by atoms with Crippen molar-refractivity contribution in [3.63, 3.8) is 0 Å². The maximum atomic E-state index is 11.5. The summed E-state index contributed by atoms with van der Waals surface area (Å²) in [6, 6.07) is 0. The average Bonchev–Trinajstić information content (AvgIpc) is 2.33. The highest BCUT2D eigenvalue weighted by Gasteiger charge is 2.45. The van der Waals surface area contributed by atoms with Gasteiger partial charge in [0.15, 0.2) is 0 Å². The Morgan fingerprint density at radius 2 is 2.15 bits per heavy atom. The molecule has 1 saturated heterocycles. The van der Waals surface area contributed by atoms with Crippen LogP contribution >= 0.6 is 0 Å². The molecule has 0 aliphatic carbocycles. The number of carbonyl (C=O) groups is 2. The molecule has 2 unspecified atom stereocenters. The van der Waals surface area contributed by atoms with Gasteiger partial charge in [-0.25, -0.2) is 0 Å². The number of likely N-dealkylation sites (tertiary alicyclic amines) is 1. The van der Waals surface area contributed by atoms with Crippen LogP contribution in [0.2, 0.25) is 0 Å². The van der Waals surface area contributed by atoms with Crippen LogP contribution in [-0.2, 0) is 9.59 Å². The first-order chi connectivity index (χ1) is 5.90. The Morgan fingerprint density at radius 1 is 1.62 bits per heavy atom. The fourth-order valence-electron chi connectivity index (χ4n) is 1.49. The molecule has 1 N–H and O–H groups in total. The Labute approximate surface area is 77.5 Å². The molecule has 13 heavy (non-hydrogen) atoms. The van der Waals surface area contributed by atoms with Crippen molar-refractivity contribution < 1.29 is 14.7 Å². The molecule has 0 spiro atoms. The van der Waals surface area contributed by atoms with E-state index in [0.29, 0.717) is 6.42 Å². The second-order valence-electron chi connectivity index (χ2n) is 3.76. The van der Waals surface area contributed by atoms with Crippen molar-refractivity contribution in [1.29, 1.82) is 0 Å². The van der Waals surface area contributed by atoms with Gasteiger partial charge in [0.2, 0.25) is 11.8 Å². The van der Waals surface area contributed by atoms with Crippen LogP contribution in [0.25, 0.3) is 0 Å². The van der Waals surface area contributed by atoms with Crippen molar-refractivity contribution in [2.45, 2.75) is 32.3 Å². The topological polar surface area (TPSA) is 57.6 Å². The van der Waals surface area contributed by atoms with E-state index in [4.69, 9.17) is 0 Å². The van der Waals surface area contributed by atoms with Gasteiger partial charge in [-0.1, -0.05) is 6.92 Å². The summed E-state index contributed by atoms with van der Waals surface area (Å²) < 4.78 is 0. The van der Waals surface area contributed by atoms with Crippen LogP contribution < -0.4 is 0 Å². The predicted molar refractivity (Wildman–Crippen MR) is 46.8 cm³/mol. The molecule has 0 bridgehead atoms. The van der Waals surface area contributed by atoms with Crippen molar-refractivity contribution >= 4 is 11.8 Å². The van der Waals surface area contributed by atoms with Crippen LogP contribution in [0.3, 0.4) is 0 Å². The largest absolute Gasteiger partial charge is 0.389 e. The summed E-state index contributed by atoms with van der Waals surface area (Å²) in [4.78, 5) is 23.7. The number of hydrogen-bond acceptors (Lipinski definition) is 3. The van der Waals surface area contributed by atoms with E-state index in [2.05, 4.69) is 0 Å². The first-order valence-corrected chi connectivity index (χ1v) is 4.43. The fraction of sp³-hybridized carbons (Fsp3) is 0.778. The minimum absolute atomic E-state index is 0.135. The van der Waals surface area contributed by atoms with Crippen LogP contribution in [0.1, 0.15) is 26.7 Å². The molecule has 1 aliphatic rings. The van der Waals surface area contributed by atoms with Crippen LogP contribution in [-0.4, -0.2) is 34.5 Å². The third-order valence-corrected chi connectivity index (χ3v) is 2.85. The van der Waals surface area contributed by atoms with E-state index in [1.807, 2.05) is 0 Å². The molecule has 2 amide bonds. The Bertz CT molecular complexity index is 247. The molecule has 2 atom stereocenters. The average molecular weight is 185 g/mol. The molecule has 4 heteroatoms. The normalized spacial score (nSPS) is 28.0. The number of nitrogens with zero attached hydrogens (tertiary/aromatic N) is 1. The first kappa shape index (κ1) is 10.2. The van der Waals surface area contributed by atoms with Gasteiger partial charge in [-0.15, -0.1) is 0 Å². The van der Waals surface area contributed by atoms with Gasteiger partial charge in [0.1, 0.15) is 0 Å². The Morgan fingerprint density at radius 3 is 2.46 bits per heavy atom. The summed E-state index contributed by atoms with van der Waals surface area (Å²) in [6.45, 7) is 3.40. The van der Waals surface area contributed by atoms with Crippen molar-refractivity contribution in [3.8, 4) is 0 Å². The molecule has 74 valence electrons. The lowest BCUT2D eigenvalue weighted by Gasteiger charge is -2.26. The highest BCUT2D eigenvalue weighted by molar-refractivity contribution is 6.03. The molecule has 0 saturated carbocycles. The molecule has 1 rings (SSSR count). The van der Waals surface area contributed by atoms with E-state index >= 15 is 0 Å². The summed E-state index contributed by atoms with van der Waals surface area (Å²) in [7, 11) is 1.45. The van der Waals surface area contributed by atoms with Crippen molar-refractivity contribution in [2.75, 3.05) is 7.05 Å². The second kappa shape index (κ2) is 3.10. The number of imide groups is 1. The van der Waals surface area contributed by atoms with Gasteiger partial charge in [-0.05, 0) is 13.3 Å². The van der Waals surface area contributed by atoms with E-state index in [1.54, 1.807) is 13.8 Å². The zero-order valence-electron chi connectivity index (χ0n) is 8.20. The monoisotopic (exact) mass is 185 g/mol. The van der Waals surface area contributed by atoms with E-state index in [0.717, 1.165) is 4.90 Å². The van der Waals surface area contributed by atoms with Gasteiger partial charge < -0.3 is 5.11 Å². The van der Waals surface area contributed by atoms with E-state index in [9.17, 15) is 14.7 Å². The molecular weight excluding hydrogens is 170 g/mol. The third kappa shape index (κ3) is 1.58. The lowest BCUT2D eigenvalue weighted by Crippen LogP contribution is -2.39. The van der Waals surface area contributed by atoms with E-state index in [-0.39, 0.29) is 18.2 Å². The Kier molecular flexibility index (Phi) is 2.43. The zero-order valence-corrected chi connectivity index (χ0v) is 8.20. The van der Waals surface area contributed by atoms with Crippen molar-refractivity contribution in [3.05, 3.63) is 0 Å². The highest BCUT2D eigenvalue weighted by Crippen LogP contribution is 2.30. The predicted octanol–water partition coefficient (Wildman–Crippen LogP) is 0.152. The molecule has 0 radical (unpaired) electrons. The molecule has 1 heterocycles. The van der Waals surface area contributed by atoms with Crippen LogP contribution in [0.15, 0.2) is 0 Å². The fourth-order valence-corrected chi connectivity index (χ4v) is 1.49. The lowest BCUT2D eigenvalue weighted by atomic mass is 9.86. The summed E-state index contributed by atoms with van der Waals surface area (Å²) >= 11 is 0. The molecule has 1 fully saturated rings. The third-order valence-electron chi connectivity index (χ3n) is 2.85. The van der Waals surface area contributed by atoms with Gasteiger partial charge >= 0.3 is 0 Å². The van der Waals surface area contributed by atoms with Crippen LogP contribution in [0, 0.1) is 5.92 Å². The number of hydrogen-bond donors (Lipinski definition) is 1. The zero-order chi connectivity index (χ0) is 10.2. The number of amides is 2. The lowest BCUT2D eigenvalue weighted by molar-refractivity contribution is -0.140. The summed E-state index contributed by atoms with van der Waals surface area (Å²) in [5.41, 5.74) is -1.06. The van der Waals surface area contributed by atoms with E-state index < -0.39 is 11.5 Å². The van der Waals surface area contributed by atoms with Gasteiger partial charge in [-0.3, -0.25) is 14.5 Å². The molecule has 0 aromatic heterocycles. The SMILES string of the molecule is CCC(C)(O)C1CC(=O)N(C)C1=O. The smallest absolute Gasteiger partial charge is 0.235 e. The molecule has 4 nitrogen and oxygen atoms in total. The Hall–Kier alpha value is -0.900. The van der Waals surface area contributed by atoms with Crippen LogP contribution in [0.5, 0.6) is 0 Å². The minimum Gasteiger partial charge on any atom is -0.389 e. The van der Waals surface area contributed by atoms with Gasteiger partial charge in [0.25, 0.3) is 0 Å². The summed E-state index contributed by atoms with van der Waals surface area (Å²) in [5.74, 6) is -1.03. The first-order valence-electron chi connectivity index (χ1n) is 4.43. The maximum absolute atomic E-state index is 11.5. The number of aliphatic hydroxyl groups is 1. The standard InChI is InChI=1S/C9H15NO3/c1-4-9(2,13)6-5-7(11)10(3)8(6)12/h6,13H,4-5H2,1-3H3. The molecular formula is C9H15NO3. The maximum Gasteiger partial charge on any atom is 0.235 e. The summed E-state index contributed by atoms with van der Waals surface area (Å²) in [6.07, 6.45) is 0.612. The van der Waals surface area contributed by atoms with E-state index in [1.165, 1.54) is 7.05 Å². The van der Waals surface area contributed by atoms with Gasteiger partial charge in [0, 0.05) is 13.5 Å². The summed E-state index contributed by atoms with van der Waals surface area (Å²) in [5, 5.41) is 9.83. The quantitative estimate of drug-likeness (QED) is 0.623. The van der Waals surface area contributed by atoms with Crippen molar-refractivity contribution in [1.82, 2.24) is 4.90 Å². The van der Waals surface area contributed by atoms with Crippen molar-refractivity contribution in [2.24, 2.45) is 5.92 Å². The van der Waals surface area contributed by atoms with Gasteiger partial charge in [0.05, 0.1) is 11.5 Å². The number of rotatable bonds is 2. The Balaban J connectivity index is 2.86. The van der Waals surface area contributed by atoms with Gasteiger partial charge in [-0.2, -0.15) is 0 Å². The molecule has 0 aromatic rings. The second-order valence-corrected chi connectivity index (χ2v) is 3.76. The highest BCUT2D eigenvalue weighted by atomic mass is 16.3. The minimum atomic E-state index is -1.06. The van der Waals surface area contributed by atoms with Crippen LogP contribution in [0.4, 0.5) is 0 Å².